The average Bonchev–Trinajstić information content (AvgIpc) is 2.37. The summed E-state index contributed by atoms with van der Waals surface area (Å²) in [5.74, 6) is -0.425. The van der Waals surface area contributed by atoms with E-state index in [9.17, 15) is 9.90 Å². The molecular formula is C14H19BrO3. The Balaban J connectivity index is 2.54. The molecule has 1 aromatic carbocycles. The lowest BCUT2D eigenvalue weighted by Gasteiger charge is -2.26. The number of carbonyl (C=O) groups excluding carboxylic acids is 1. The van der Waals surface area contributed by atoms with Gasteiger partial charge in [0.15, 0.2) is 0 Å². The van der Waals surface area contributed by atoms with E-state index in [0.717, 1.165) is 12.0 Å². The van der Waals surface area contributed by atoms with Crippen LogP contribution in [0.5, 0.6) is 0 Å². The van der Waals surface area contributed by atoms with E-state index in [-0.39, 0.29) is 0 Å². The molecule has 1 rings (SSSR count). The number of hydrogen-bond acceptors (Lipinski definition) is 3. The molecule has 0 bridgehead atoms. The van der Waals surface area contributed by atoms with Crippen molar-refractivity contribution < 1.29 is 14.6 Å². The SMILES string of the molecule is CCOC(=O)[C@@](C)(Br)[C@H](O)CCc1ccccc1. The van der Waals surface area contributed by atoms with Crippen LogP contribution in [0.25, 0.3) is 0 Å². The molecular weight excluding hydrogens is 296 g/mol. The van der Waals surface area contributed by atoms with E-state index in [0.29, 0.717) is 13.0 Å². The van der Waals surface area contributed by atoms with Crippen molar-refractivity contribution in [3.8, 4) is 0 Å². The minimum Gasteiger partial charge on any atom is -0.465 e. The molecule has 1 N–H and O–H groups in total. The van der Waals surface area contributed by atoms with Crippen LogP contribution < -0.4 is 0 Å². The van der Waals surface area contributed by atoms with Crippen LogP contribution in [0.4, 0.5) is 0 Å². The summed E-state index contributed by atoms with van der Waals surface area (Å²) in [6.45, 7) is 3.70. The Labute approximate surface area is 116 Å². The highest BCUT2D eigenvalue weighted by atomic mass is 79.9. The minimum atomic E-state index is -1.04. The van der Waals surface area contributed by atoms with Gasteiger partial charge < -0.3 is 9.84 Å². The van der Waals surface area contributed by atoms with Gasteiger partial charge in [0.2, 0.25) is 0 Å². The first-order chi connectivity index (χ1) is 8.48. The van der Waals surface area contributed by atoms with Crippen molar-refractivity contribution in [3.05, 3.63) is 35.9 Å². The minimum absolute atomic E-state index is 0.311. The summed E-state index contributed by atoms with van der Waals surface area (Å²) in [4.78, 5) is 11.7. The summed E-state index contributed by atoms with van der Waals surface area (Å²) < 4.78 is 3.89. The largest absolute Gasteiger partial charge is 0.465 e. The fourth-order valence-electron chi connectivity index (χ4n) is 1.63. The molecule has 0 aliphatic carbocycles. The second kappa shape index (κ2) is 6.90. The van der Waals surface area contributed by atoms with E-state index >= 15 is 0 Å². The van der Waals surface area contributed by atoms with Crippen molar-refractivity contribution in [1.82, 2.24) is 0 Å². The highest BCUT2D eigenvalue weighted by molar-refractivity contribution is 9.10. The standard InChI is InChI=1S/C14H19BrO3/c1-3-18-13(17)14(2,15)12(16)10-9-11-7-5-4-6-8-11/h4-8,12,16H,3,9-10H2,1-2H3/t12-,14+/m1/s1. The molecule has 0 unspecified atom stereocenters. The van der Waals surface area contributed by atoms with Crippen molar-refractivity contribution in [2.75, 3.05) is 6.61 Å². The van der Waals surface area contributed by atoms with Crippen LogP contribution in [-0.2, 0) is 16.0 Å². The molecule has 0 heterocycles. The van der Waals surface area contributed by atoms with Gasteiger partial charge in [-0.1, -0.05) is 46.3 Å². The third-order valence-electron chi connectivity index (χ3n) is 2.85. The first-order valence-electron chi connectivity index (χ1n) is 6.06. The Morgan fingerprint density at radius 3 is 2.61 bits per heavy atom. The zero-order valence-corrected chi connectivity index (χ0v) is 12.3. The van der Waals surface area contributed by atoms with Gasteiger partial charge in [-0.05, 0) is 32.3 Å². The van der Waals surface area contributed by atoms with E-state index in [1.165, 1.54) is 0 Å². The summed E-state index contributed by atoms with van der Waals surface area (Å²) in [5, 5.41) is 10.1. The fraction of sp³-hybridized carbons (Fsp3) is 0.500. The Hall–Kier alpha value is -0.870. The molecule has 0 fully saturated rings. The molecule has 3 nitrogen and oxygen atoms in total. The molecule has 0 aliphatic heterocycles. The summed E-state index contributed by atoms with van der Waals surface area (Å²) >= 11 is 3.26. The van der Waals surface area contributed by atoms with Crippen molar-refractivity contribution in [3.63, 3.8) is 0 Å². The van der Waals surface area contributed by atoms with Crippen molar-refractivity contribution >= 4 is 21.9 Å². The topological polar surface area (TPSA) is 46.5 Å². The summed E-state index contributed by atoms with van der Waals surface area (Å²) in [7, 11) is 0. The molecule has 18 heavy (non-hydrogen) atoms. The van der Waals surface area contributed by atoms with Crippen molar-refractivity contribution in [1.29, 1.82) is 0 Å². The number of ether oxygens (including phenoxy) is 1. The summed E-state index contributed by atoms with van der Waals surface area (Å²) in [6.07, 6.45) is 0.449. The van der Waals surface area contributed by atoms with Gasteiger partial charge in [0.05, 0.1) is 12.7 Å². The molecule has 0 amide bonds. The monoisotopic (exact) mass is 314 g/mol. The number of carbonyl (C=O) groups is 1. The van der Waals surface area contributed by atoms with E-state index < -0.39 is 16.4 Å². The quantitative estimate of drug-likeness (QED) is 0.648. The maximum atomic E-state index is 11.7. The van der Waals surface area contributed by atoms with E-state index in [4.69, 9.17) is 4.74 Å². The molecule has 0 saturated heterocycles. The highest BCUT2D eigenvalue weighted by Gasteiger charge is 2.39. The van der Waals surface area contributed by atoms with E-state index in [2.05, 4.69) is 15.9 Å². The first kappa shape index (κ1) is 15.2. The molecule has 1 aromatic rings. The van der Waals surface area contributed by atoms with Gasteiger partial charge in [0.1, 0.15) is 4.32 Å². The van der Waals surface area contributed by atoms with Gasteiger partial charge in [-0.2, -0.15) is 0 Å². The number of alkyl halides is 1. The number of aliphatic hydroxyl groups is 1. The zero-order valence-electron chi connectivity index (χ0n) is 10.7. The molecule has 0 aliphatic rings. The van der Waals surface area contributed by atoms with Crippen LogP contribution in [-0.4, -0.2) is 28.1 Å². The lowest BCUT2D eigenvalue weighted by atomic mass is 9.98. The van der Waals surface area contributed by atoms with Gasteiger partial charge in [-0.3, -0.25) is 4.79 Å². The Morgan fingerprint density at radius 2 is 2.06 bits per heavy atom. The van der Waals surface area contributed by atoms with Crippen LogP contribution in [0.1, 0.15) is 25.8 Å². The van der Waals surface area contributed by atoms with Gasteiger partial charge in [0, 0.05) is 0 Å². The average molecular weight is 315 g/mol. The van der Waals surface area contributed by atoms with Gasteiger partial charge in [-0.15, -0.1) is 0 Å². The van der Waals surface area contributed by atoms with Crippen molar-refractivity contribution in [2.24, 2.45) is 0 Å². The second-order valence-electron chi connectivity index (χ2n) is 4.34. The predicted molar refractivity (Wildman–Crippen MR) is 74.7 cm³/mol. The van der Waals surface area contributed by atoms with Gasteiger partial charge in [-0.25, -0.2) is 0 Å². The second-order valence-corrected chi connectivity index (χ2v) is 5.98. The van der Waals surface area contributed by atoms with Gasteiger partial charge in [0.25, 0.3) is 0 Å². The highest BCUT2D eigenvalue weighted by Crippen LogP contribution is 2.27. The normalized spacial score (nSPS) is 15.8. The predicted octanol–water partition coefficient (Wildman–Crippen LogP) is 2.70. The molecule has 100 valence electrons. The Bertz CT molecular complexity index is 376. The van der Waals surface area contributed by atoms with Gasteiger partial charge >= 0.3 is 5.97 Å². The van der Waals surface area contributed by atoms with Crippen LogP contribution in [0.2, 0.25) is 0 Å². The number of rotatable bonds is 6. The third kappa shape index (κ3) is 4.10. The molecule has 0 spiro atoms. The summed E-state index contributed by atoms with van der Waals surface area (Å²) in [5.41, 5.74) is 1.14. The lowest BCUT2D eigenvalue weighted by molar-refractivity contribution is -0.148. The Morgan fingerprint density at radius 1 is 1.44 bits per heavy atom. The third-order valence-corrected chi connectivity index (χ3v) is 3.70. The van der Waals surface area contributed by atoms with Crippen molar-refractivity contribution in [2.45, 2.75) is 37.1 Å². The first-order valence-corrected chi connectivity index (χ1v) is 6.86. The van der Waals surface area contributed by atoms with Crippen LogP contribution >= 0.6 is 15.9 Å². The lowest BCUT2D eigenvalue weighted by Crippen LogP contribution is -2.42. The molecule has 4 heteroatoms. The number of esters is 1. The number of halogens is 1. The maximum Gasteiger partial charge on any atom is 0.325 e. The maximum absolute atomic E-state index is 11.7. The number of benzene rings is 1. The molecule has 0 aromatic heterocycles. The van der Waals surface area contributed by atoms with E-state index in [1.54, 1.807) is 13.8 Å². The number of hydrogen-bond donors (Lipinski definition) is 1. The van der Waals surface area contributed by atoms with E-state index in [1.807, 2.05) is 30.3 Å². The molecule has 0 saturated carbocycles. The number of aryl methyl sites for hydroxylation is 1. The molecule has 2 atom stereocenters. The number of aliphatic hydroxyl groups excluding tert-OH is 1. The van der Waals surface area contributed by atoms with Crippen LogP contribution in [0, 0.1) is 0 Å². The molecule has 0 radical (unpaired) electrons. The Kier molecular flexibility index (Phi) is 5.82. The zero-order chi connectivity index (χ0) is 13.6. The van der Waals surface area contributed by atoms with Crippen LogP contribution in [0.3, 0.4) is 0 Å². The van der Waals surface area contributed by atoms with Crippen LogP contribution in [0.15, 0.2) is 30.3 Å². The smallest absolute Gasteiger partial charge is 0.325 e. The fourth-order valence-corrected chi connectivity index (χ4v) is 1.97. The summed E-state index contributed by atoms with van der Waals surface area (Å²) in [6, 6.07) is 9.87.